The number of ether oxygens (including phenoxy) is 1. The van der Waals surface area contributed by atoms with Crippen LogP contribution in [0.3, 0.4) is 0 Å². The molecule has 0 saturated carbocycles. The van der Waals surface area contributed by atoms with Crippen LogP contribution in [0.4, 0.5) is 5.69 Å². The van der Waals surface area contributed by atoms with Gasteiger partial charge in [-0.2, -0.15) is 0 Å². The van der Waals surface area contributed by atoms with Gasteiger partial charge < -0.3 is 10.1 Å². The molecule has 1 aromatic rings. The van der Waals surface area contributed by atoms with Crippen molar-refractivity contribution in [3.05, 3.63) is 28.8 Å². The third-order valence-electron chi connectivity index (χ3n) is 2.02. The molecule has 1 rings (SSSR count). The summed E-state index contributed by atoms with van der Waals surface area (Å²) in [6.45, 7) is 5.74. The number of carbonyl (C=O) groups excluding carboxylic acids is 1. The molecule has 0 radical (unpaired) electrons. The first-order valence-corrected chi connectivity index (χ1v) is 5.54. The maximum absolute atomic E-state index is 11.5. The van der Waals surface area contributed by atoms with Crippen molar-refractivity contribution in [1.29, 1.82) is 0 Å². The van der Waals surface area contributed by atoms with Gasteiger partial charge >= 0.3 is 0 Å². The Morgan fingerprint density at radius 2 is 2.19 bits per heavy atom. The first-order valence-electron chi connectivity index (χ1n) is 5.16. The number of anilines is 1. The second-order valence-electron chi connectivity index (χ2n) is 3.87. The fourth-order valence-corrected chi connectivity index (χ4v) is 1.33. The van der Waals surface area contributed by atoms with E-state index in [-0.39, 0.29) is 18.6 Å². The lowest BCUT2D eigenvalue weighted by Gasteiger charge is -2.10. The van der Waals surface area contributed by atoms with Crippen molar-refractivity contribution in [3.8, 4) is 0 Å². The summed E-state index contributed by atoms with van der Waals surface area (Å²) in [5, 5.41) is 3.36. The van der Waals surface area contributed by atoms with Gasteiger partial charge in [0.05, 0.1) is 6.10 Å². The van der Waals surface area contributed by atoms with Crippen LogP contribution in [0.1, 0.15) is 19.4 Å². The van der Waals surface area contributed by atoms with Crippen LogP contribution in [0.2, 0.25) is 5.02 Å². The Morgan fingerprint density at radius 1 is 1.50 bits per heavy atom. The SMILES string of the molecule is Cc1ccc(Cl)cc1NC(=O)COC(C)C. The van der Waals surface area contributed by atoms with Crippen molar-refractivity contribution in [2.75, 3.05) is 11.9 Å². The van der Waals surface area contributed by atoms with E-state index < -0.39 is 0 Å². The van der Waals surface area contributed by atoms with Gasteiger partial charge in [0, 0.05) is 10.7 Å². The standard InChI is InChI=1S/C12H16ClNO2/c1-8(2)16-7-12(15)14-11-6-10(13)5-4-9(11)3/h4-6,8H,7H2,1-3H3,(H,14,15). The van der Waals surface area contributed by atoms with Gasteiger partial charge in [-0.1, -0.05) is 17.7 Å². The van der Waals surface area contributed by atoms with E-state index in [9.17, 15) is 4.79 Å². The number of carbonyl (C=O) groups is 1. The lowest BCUT2D eigenvalue weighted by molar-refractivity contribution is -0.121. The maximum atomic E-state index is 11.5. The molecule has 1 amide bonds. The summed E-state index contributed by atoms with van der Waals surface area (Å²) < 4.78 is 5.20. The Morgan fingerprint density at radius 3 is 2.81 bits per heavy atom. The van der Waals surface area contributed by atoms with Gasteiger partial charge in [0.15, 0.2) is 0 Å². The van der Waals surface area contributed by atoms with Crippen LogP contribution >= 0.6 is 11.6 Å². The first-order chi connectivity index (χ1) is 7.49. The van der Waals surface area contributed by atoms with Gasteiger partial charge in [-0.25, -0.2) is 0 Å². The van der Waals surface area contributed by atoms with E-state index >= 15 is 0 Å². The first kappa shape index (κ1) is 13.0. The van der Waals surface area contributed by atoms with E-state index in [0.29, 0.717) is 5.02 Å². The van der Waals surface area contributed by atoms with Crippen LogP contribution in [-0.2, 0) is 9.53 Å². The summed E-state index contributed by atoms with van der Waals surface area (Å²) in [4.78, 5) is 11.5. The molecule has 0 atom stereocenters. The summed E-state index contributed by atoms with van der Waals surface area (Å²) in [5.41, 5.74) is 1.70. The zero-order valence-corrected chi connectivity index (χ0v) is 10.5. The molecule has 0 bridgehead atoms. The minimum atomic E-state index is -0.168. The van der Waals surface area contributed by atoms with E-state index in [1.54, 1.807) is 12.1 Å². The van der Waals surface area contributed by atoms with E-state index in [1.807, 2.05) is 26.8 Å². The number of halogens is 1. The summed E-state index contributed by atoms with van der Waals surface area (Å²) in [7, 11) is 0. The number of amides is 1. The third-order valence-corrected chi connectivity index (χ3v) is 2.26. The molecule has 4 heteroatoms. The number of nitrogens with one attached hydrogen (secondary N) is 1. The monoisotopic (exact) mass is 241 g/mol. The molecule has 16 heavy (non-hydrogen) atoms. The zero-order valence-electron chi connectivity index (χ0n) is 9.71. The fraction of sp³-hybridized carbons (Fsp3) is 0.417. The van der Waals surface area contributed by atoms with Crippen molar-refractivity contribution < 1.29 is 9.53 Å². The molecule has 0 heterocycles. The predicted molar refractivity (Wildman–Crippen MR) is 65.9 cm³/mol. The highest BCUT2D eigenvalue weighted by Crippen LogP contribution is 2.19. The van der Waals surface area contributed by atoms with E-state index in [1.165, 1.54) is 0 Å². The molecule has 0 fully saturated rings. The van der Waals surface area contributed by atoms with Crippen LogP contribution in [-0.4, -0.2) is 18.6 Å². The molecule has 3 nitrogen and oxygen atoms in total. The number of aryl methyl sites for hydroxylation is 1. The second-order valence-corrected chi connectivity index (χ2v) is 4.30. The topological polar surface area (TPSA) is 38.3 Å². The molecule has 1 aromatic carbocycles. The molecule has 88 valence electrons. The minimum Gasteiger partial charge on any atom is -0.369 e. The molecule has 0 aliphatic heterocycles. The zero-order chi connectivity index (χ0) is 12.1. The van der Waals surface area contributed by atoms with Gasteiger partial charge in [0.2, 0.25) is 5.91 Å². The van der Waals surface area contributed by atoms with E-state index in [4.69, 9.17) is 16.3 Å². The number of hydrogen-bond acceptors (Lipinski definition) is 2. The average molecular weight is 242 g/mol. The Labute approximate surface area is 101 Å². The van der Waals surface area contributed by atoms with Crippen LogP contribution < -0.4 is 5.32 Å². The molecule has 0 aliphatic carbocycles. The number of benzene rings is 1. The lowest BCUT2D eigenvalue weighted by Crippen LogP contribution is -2.21. The summed E-state index contributed by atoms with van der Waals surface area (Å²) in [5.74, 6) is -0.168. The molecule has 1 N–H and O–H groups in total. The Balaban J connectivity index is 2.59. The molecular weight excluding hydrogens is 226 g/mol. The predicted octanol–water partition coefficient (Wildman–Crippen LogP) is 3.01. The van der Waals surface area contributed by atoms with E-state index in [0.717, 1.165) is 11.3 Å². The highest BCUT2D eigenvalue weighted by Gasteiger charge is 2.06. The van der Waals surface area contributed by atoms with Crippen molar-refractivity contribution in [2.24, 2.45) is 0 Å². The Kier molecular flexibility index (Phi) is 4.77. The van der Waals surface area contributed by atoms with Crippen LogP contribution in [0.25, 0.3) is 0 Å². The van der Waals surface area contributed by atoms with Crippen LogP contribution in [0.5, 0.6) is 0 Å². The van der Waals surface area contributed by atoms with E-state index in [2.05, 4.69) is 5.32 Å². The molecule has 0 unspecified atom stereocenters. The number of hydrogen-bond donors (Lipinski definition) is 1. The van der Waals surface area contributed by atoms with Gasteiger partial charge in [-0.3, -0.25) is 4.79 Å². The molecular formula is C12H16ClNO2. The number of rotatable bonds is 4. The second kappa shape index (κ2) is 5.87. The average Bonchev–Trinajstić information content (AvgIpc) is 2.20. The molecule has 0 saturated heterocycles. The molecule has 0 spiro atoms. The van der Waals surface area contributed by atoms with Gasteiger partial charge in [-0.15, -0.1) is 0 Å². The van der Waals surface area contributed by atoms with Crippen LogP contribution in [0, 0.1) is 6.92 Å². The van der Waals surface area contributed by atoms with Gasteiger partial charge in [-0.05, 0) is 38.5 Å². The Hall–Kier alpha value is -1.06. The highest BCUT2D eigenvalue weighted by molar-refractivity contribution is 6.31. The van der Waals surface area contributed by atoms with Gasteiger partial charge in [0.25, 0.3) is 0 Å². The maximum Gasteiger partial charge on any atom is 0.250 e. The Bertz CT molecular complexity index is 377. The quantitative estimate of drug-likeness (QED) is 0.880. The van der Waals surface area contributed by atoms with Crippen molar-refractivity contribution >= 4 is 23.2 Å². The summed E-state index contributed by atoms with van der Waals surface area (Å²) in [6, 6.07) is 5.38. The molecule has 0 aliphatic rings. The largest absolute Gasteiger partial charge is 0.369 e. The van der Waals surface area contributed by atoms with Crippen LogP contribution in [0.15, 0.2) is 18.2 Å². The smallest absolute Gasteiger partial charge is 0.250 e. The minimum absolute atomic E-state index is 0.0474. The molecule has 0 aromatic heterocycles. The summed E-state index contributed by atoms with van der Waals surface area (Å²) >= 11 is 5.85. The summed E-state index contributed by atoms with van der Waals surface area (Å²) in [6.07, 6.45) is 0.0474. The van der Waals surface area contributed by atoms with Crippen molar-refractivity contribution in [2.45, 2.75) is 26.9 Å². The lowest BCUT2D eigenvalue weighted by atomic mass is 10.2. The third kappa shape index (κ3) is 4.21. The van der Waals surface area contributed by atoms with Crippen molar-refractivity contribution in [1.82, 2.24) is 0 Å². The fourth-order valence-electron chi connectivity index (χ4n) is 1.16. The van der Waals surface area contributed by atoms with Gasteiger partial charge in [0.1, 0.15) is 6.61 Å². The normalized spacial score (nSPS) is 10.6. The highest BCUT2D eigenvalue weighted by atomic mass is 35.5. The van der Waals surface area contributed by atoms with Crippen molar-refractivity contribution in [3.63, 3.8) is 0 Å².